The summed E-state index contributed by atoms with van der Waals surface area (Å²) in [5.41, 5.74) is 12.1. The summed E-state index contributed by atoms with van der Waals surface area (Å²) in [4.78, 5) is 0. The molecule has 1 aliphatic carbocycles. The Labute approximate surface area is 150 Å². The van der Waals surface area contributed by atoms with Gasteiger partial charge in [-0.2, -0.15) is 5.26 Å². The van der Waals surface area contributed by atoms with E-state index in [4.69, 9.17) is 5.73 Å². The lowest BCUT2D eigenvalue weighted by atomic mass is 9.91. The summed E-state index contributed by atoms with van der Waals surface area (Å²) in [5.74, 6) is 0. The molecule has 0 unspecified atom stereocenters. The smallest absolute Gasteiger partial charge is 0.101 e. The zero-order valence-corrected chi connectivity index (χ0v) is 15.0. The molecule has 4 N–H and O–H groups in total. The molecule has 1 saturated carbocycles. The van der Waals surface area contributed by atoms with Gasteiger partial charge < -0.3 is 16.4 Å². The van der Waals surface area contributed by atoms with Crippen molar-refractivity contribution in [1.82, 2.24) is 0 Å². The van der Waals surface area contributed by atoms with Crippen molar-refractivity contribution in [1.29, 1.82) is 5.26 Å². The van der Waals surface area contributed by atoms with E-state index < -0.39 is 0 Å². The first kappa shape index (κ1) is 17.3. The molecule has 0 amide bonds. The number of hydrogen-bond donors (Lipinski definition) is 3. The van der Waals surface area contributed by atoms with E-state index in [2.05, 4.69) is 48.7 Å². The fourth-order valence-electron chi connectivity index (χ4n) is 3.59. The number of anilines is 3. The van der Waals surface area contributed by atoms with E-state index >= 15 is 0 Å². The molecule has 0 bridgehead atoms. The molecule has 2 aromatic rings. The summed E-state index contributed by atoms with van der Waals surface area (Å²) < 4.78 is 0. The van der Waals surface area contributed by atoms with Gasteiger partial charge in [0.2, 0.25) is 0 Å². The van der Waals surface area contributed by atoms with Crippen LogP contribution in [0.3, 0.4) is 0 Å². The van der Waals surface area contributed by atoms with E-state index in [1.165, 1.54) is 24.0 Å². The van der Waals surface area contributed by atoms with Crippen molar-refractivity contribution in [2.75, 3.05) is 10.6 Å². The van der Waals surface area contributed by atoms with Gasteiger partial charge in [-0.1, -0.05) is 18.9 Å². The number of benzene rings is 2. The van der Waals surface area contributed by atoms with Crippen LogP contribution >= 0.6 is 0 Å². The van der Waals surface area contributed by atoms with Gasteiger partial charge in [-0.15, -0.1) is 0 Å². The average Bonchev–Trinajstić information content (AvgIpc) is 2.56. The van der Waals surface area contributed by atoms with Gasteiger partial charge >= 0.3 is 0 Å². The second-order valence-electron chi connectivity index (χ2n) is 7.07. The van der Waals surface area contributed by atoms with E-state index in [-0.39, 0.29) is 6.04 Å². The van der Waals surface area contributed by atoms with E-state index in [1.807, 2.05) is 18.2 Å². The van der Waals surface area contributed by atoms with Crippen LogP contribution in [0, 0.1) is 25.2 Å². The number of nitrogens with two attached hydrogens (primary N) is 1. The summed E-state index contributed by atoms with van der Waals surface area (Å²) in [5, 5.41) is 16.4. The highest BCUT2D eigenvalue weighted by Gasteiger charge is 2.21. The molecule has 1 fully saturated rings. The molecule has 2 aromatic carbocycles. The lowest BCUT2D eigenvalue weighted by Crippen LogP contribution is -2.42. The van der Waals surface area contributed by atoms with Crippen molar-refractivity contribution >= 4 is 17.1 Å². The average molecular weight is 334 g/mol. The normalized spacial score (nSPS) is 19.9. The molecule has 0 radical (unpaired) electrons. The predicted octanol–water partition coefficient (Wildman–Crippen LogP) is 4.60. The number of nitriles is 1. The Morgan fingerprint density at radius 2 is 1.72 bits per heavy atom. The first-order valence-corrected chi connectivity index (χ1v) is 8.97. The molecule has 4 nitrogen and oxygen atoms in total. The Kier molecular flexibility index (Phi) is 5.25. The Morgan fingerprint density at radius 3 is 2.40 bits per heavy atom. The quantitative estimate of drug-likeness (QED) is 0.764. The van der Waals surface area contributed by atoms with Gasteiger partial charge in [-0.05, 0) is 68.1 Å². The van der Waals surface area contributed by atoms with Crippen molar-refractivity contribution in [2.45, 2.75) is 51.6 Å². The second kappa shape index (κ2) is 7.58. The maximum Gasteiger partial charge on any atom is 0.101 e. The van der Waals surface area contributed by atoms with Gasteiger partial charge in [0.1, 0.15) is 6.07 Å². The minimum absolute atomic E-state index is 0.195. The van der Waals surface area contributed by atoms with Crippen LogP contribution in [0.2, 0.25) is 0 Å². The Hall–Kier alpha value is -2.51. The molecule has 130 valence electrons. The van der Waals surface area contributed by atoms with Crippen molar-refractivity contribution in [3.8, 4) is 6.07 Å². The minimum Gasteiger partial charge on any atom is -0.381 e. The number of hydrogen-bond acceptors (Lipinski definition) is 4. The molecule has 0 heterocycles. The topological polar surface area (TPSA) is 73.9 Å². The van der Waals surface area contributed by atoms with Crippen molar-refractivity contribution in [2.24, 2.45) is 5.73 Å². The van der Waals surface area contributed by atoms with E-state index in [0.717, 1.165) is 29.9 Å². The van der Waals surface area contributed by atoms with Crippen LogP contribution in [0.25, 0.3) is 0 Å². The van der Waals surface area contributed by atoms with Crippen molar-refractivity contribution < 1.29 is 0 Å². The number of aryl methyl sites for hydroxylation is 2. The Bertz CT molecular complexity index is 771. The summed E-state index contributed by atoms with van der Waals surface area (Å²) >= 11 is 0. The molecule has 0 saturated heterocycles. The molecule has 2 atom stereocenters. The molecule has 3 rings (SSSR count). The standard InChI is InChI=1S/C21H26N4/c1-14-9-15(2)11-18(10-14)25-21-12-17(8-7-16(21)13-22)24-20-6-4-3-5-19(20)23/h7-12,19-20,24-25H,3-6,23H2,1-2H3/t19-,20+/m0/s1. The fourth-order valence-corrected chi connectivity index (χ4v) is 3.59. The van der Waals surface area contributed by atoms with E-state index in [0.29, 0.717) is 11.6 Å². The highest BCUT2D eigenvalue weighted by molar-refractivity contribution is 5.71. The highest BCUT2D eigenvalue weighted by Crippen LogP contribution is 2.28. The molecule has 1 aliphatic rings. The largest absolute Gasteiger partial charge is 0.381 e. The summed E-state index contributed by atoms with van der Waals surface area (Å²) in [6.45, 7) is 4.15. The number of nitrogens with one attached hydrogen (secondary N) is 2. The third-order valence-corrected chi connectivity index (χ3v) is 4.81. The fraction of sp³-hybridized carbons (Fsp3) is 0.381. The highest BCUT2D eigenvalue weighted by atomic mass is 15.0. The van der Waals surface area contributed by atoms with Gasteiger partial charge in [-0.3, -0.25) is 0 Å². The Balaban J connectivity index is 1.83. The molecule has 0 spiro atoms. The van der Waals surface area contributed by atoms with Gasteiger partial charge in [0.05, 0.1) is 11.3 Å². The molecule has 25 heavy (non-hydrogen) atoms. The van der Waals surface area contributed by atoms with Crippen LogP contribution in [-0.4, -0.2) is 12.1 Å². The summed E-state index contributed by atoms with van der Waals surface area (Å²) in [6.07, 6.45) is 4.60. The lowest BCUT2D eigenvalue weighted by Gasteiger charge is -2.30. The molecular weight excluding hydrogens is 308 g/mol. The molecule has 0 aromatic heterocycles. The lowest BCUT2D eigenvalue weighted by molar-refractivity contribution is 0.404. The maximum absolute atomic E-state index is 9.43. The predicted molar refractivity (Wildman–Crippen MR) is 104 cm³/mol. The third-order valence-electron chi connectivity index (χ3n) is 4.81. The van der Waals surface area contributed by atoms with Crippen LogP contribution in [0.4, 0.5) is 17.1 Å². The summed E-state index contributed by atoms with van der Waals surface area (Å²) in [7, 11) is 0. The van der Waals surface area contributed by atoms with E-state index in [9.17, 15) is 5.26 Å². The van der Waals surface area contributed by atoms with Crippen LogP contribution in [0.5, 0.6) is 0 Å². The first-order valence-electron chi connectivity index (χ1n) is 8.97. The molecule has 4 heteroatoms. The summed E-state index contributed by atoms with van der Waals surface area (Å²) in [6, 6.07) is 14.9. The number of nitrogens with zero attached hydrogens (tertiary/aromatic N) is 1. The van der Waals surface area contributed by atoms with Crippen LogP contribution in [0.1, 0.15) is 42.4 Å². The minimum atomic E-state index is 0.195. The second-order valence-corrected chi connectivity index (χ2v) is 7.07. The van der Waals surface area contributed by atoms with Crippen LogP contribution in [0.15, 0.2) is 36.4 Å². The maximum atomic E-state index is 9.43. The first-order chi connectivity index (χ1) is 12.0. The zero-order chi connectivity index (χ0) is 17.8. The van der Waals surface area contributed by atoms with Gasteiger partial charge in [0, 0.05) is 23.5 Å². The molecule has 0 aliphatic heterocycles. The third kappa shape index (κ3) is 4.32. The zero-order valence-electron chi connectivity index (χ0n) is 15.0. The molecular formula is C21H26N4. The number of rotatable bonds is 4. The van der Waals surface area contributed by atoms with Gasteiger partial charge in [0.25, 0.3) is 0 Å². The SMILES string of the molecule is Cc1cc(C)cc(Nc2cc(N[C@@H]3CCCC[C@@H]3N)ccc2C#N)c1. The van der Waals surface area contributed by atoms with Crippen LogP contribution in [-0.2, 0) is 0 Å². The van der Waals surface area contributed by atoms with Crippen LogP contribution < -0.4 is 16.4 Å². The van der Waals surface area contributed by atoms with Gasteiger partial charge in [0.15, 0.2) is 0 Å². The Morgan fingerprint density at radius 1 is 1.00 bits per heavy atom. The van der Waals surface area contributed by atoms with E-state index in [1.54, 1.807) is 0 Å². The van der Waals surface area contributed by atoms with Gasteiger partial charge in [-0.25, -0.2) is 0 Å². The van der Waals surface area contributed by atoms with Crippen molar-refractivity contribution in [3.05, 3.63) is 53.1 Å². The van der Waals surface area contributed by atoms with Crippen molar-refractivity contribution in [3.63, 3.8) is 0 Å². The monoisotopic (exact) mass is 334 g/mol.